The third-order valence-electron chi connectivity index (χ3n) is 6.25. The van der Waals surface area contributed by atoms with Gasteiger partial charge in [-0.25, -0.2) is 9.59 Å². The third-order valence-corrected chi connectivity index (χ3v) is 6.25. The van der Waals surface area contributed by atoms with E-state index in [4.69, 9.17) is 15.2 Å². The number of alkyl carbamates (subject to hydrolysis) is 1. The molecular weight excluding hydrogens is 578 g/mol. The minimum absolute atomic E-state index is 0.0820. The summed E-state index contributed by atoms with van der Waals surface area (Å²) in [6.07, 6.45) is -1.54. The molecule has 0 aliphatic carbocycles. The van der Waals surface area contributed by atoms with Crippen molar-refractivity contribution in [2.75, 3.05) is 6.54 Å². The van der Waals surface area contributed by atoms with Gasteiger partial charge in [0, 0.05) is 6.42 Å². The van der Waals surface area contributed by atoms with Gasteiger partial charge in [0.05, 0.1) is 12.5 Å². The van der Waals surface area contributed by atoms with Crippen LogP contribution >= 0.6 is 0 Å². The van der Waals surface area contributed by atoms with Gasteiger partial charge in [-0.1, -0.05) is 54.6 Å². The summed E-state index contributed by atoms with van der Waals surface area (Å²) in [6.45, 7) is 11.1. The number of aryl methyl sites for hydroxylation is 1. The second kappa shape index (κ2) is 15.7. The van der Waals surface area contributed by atoms with Gasteiger partial charge in [0.25, 0.3) is 0 Å². The molecule has 2 aromatic carbocycles. The minimum atomic E-state index is -1.56. The van der Waals surface area contributed by atoms with Gasteiger partial charge in [0.2, 0.25) is 17.7 Å². The monoisotopic (exact) mass is 621 g/mol. The summed E-state index contributed by atoms with van der Waals surface area (Å²) >= 11 is 0. The summed E-state index contributed by atoms with van der Waals surface area (Å²) in [5.74, 6) is -3.32. The topological polar surface area (TPSA) is 181 Å². The van der Waals surface area contributed by atoms with Crippen molar-refractivity contribution < 1.29 is 33.4 Å². The maximum atomic E-state index is 14.2. The smallest absolute Gasteiger partial charge is 0.408 e. The number of hydrogen-bond acceptors (Lipinski definition) is 8. The first-order valence-corrected chi connectivity index (χ1v) is 14.5. The quantitative estimate of drug-likeness (QED) is 0.239. The molecule has 0 spiro atoms. The molecule has 4 amide bonds. The highest BCUT2D eigenvalue weighted by atomic mass is 16.6. The molecule has 4 N–H and O–H groups in total. The van der Waals surface area contributed by atoms with Crippen LogP contribution in [0, 0.1) is 18.3 Å². The van der Waals surface area contributed by atoms with Crippen molar-refractivity contribution in [1.29, 1.82) is 5.26 Å². The van der Waals surface area contributed by atoms with Gasteiger partial charge in [0.1, 0.15) is 35.9 Å². The van der Waals surface area contributed by atoms with Crippen molar-refractivity contribution in [3.63, 3.8) is 0 Å². The second-order valence-electron chi connectivity index (χ2n) is 12.5. The molecule has 2 aromatic rings. The molecule has 0 saturated heterocycles. The summed E-state index contributed by atoms with van der Waals surface area (Å²) < 4.78 is 10.9. The van der Waals surface area contributed by atoms with Gasteiger partial charge >= 0.3 is 12.1 Å². The summed E-state index contributed by atoms with van der Waals surface area (Å²) in [5, 5.41) is 14.9. The Labute approximate surface area is 264 Å². The van der Waals surface area contributed by atoms with Gasteiger partial charge in [0.15, 0.2) is 0 Å². The number of carbonyl (C=O) groups is 5. The van der Waals surface area contributed by atoms with Crippen LogP contribution in [-0.2, 0) is 35.1 Å². The van der Waals surface area contributed by atoms with E-state index < -0.39 is 72.1 Å². The molecule has 242 valence electrons. The van der Waals surface area contributed by atoms with Crippen molar-refractivity contribution in [1.82, 2.24) is 15.5 Å². The van der Waals surface area contributed by atoms with Crippen LogP contribution in [0.2, 0.25) is 0 Å². The first-order chi connectivity index (χ1) is 20.9. The van der Waals surface area contributed by atoms with Crippen molar-refractivity contribution in [2.45, 2.75) is 90.6 Å². The van der Waals surface area contributed by atoms with E-state index in [9.17, 15) is 29.2 Å². The number of nitrogens with zero attached hydrogens (tertiary/aromatic N) is 2. The molecule has 0 aliphatic rings. The van der Waals surface area contributed by atoms with Gasteiger partial charge in [-0.15, -0.1) is 0 Å². The van der Waals surface area contributed by atoms with Crippen LogP contribution in [0.5, 0.6) is 0 Å². The highest BCUT2D eigenvalue weighted by Crippen LogP contribution is 2.26. The lowest BCUT2D eigenvalue weighted by molar-refractivity contribution is -0.159. The van der Waals surface area contributed by atoms with Crippen molar-refractivity contribution in [2.24, 2.45) is 5.73 Å². The number of nitrogens with one attached hydrogen (secondary N) is 2. The fraction of sp³-hybridized carbons (Fsp3) is 0.455. The average Bonchev–Trinajstić information content (AvgIpc) is 2.91. The molecule has 0 aromatic heterocycles. The van der Waals surface area contributed by atoms with Gasteiger partial charge in [-0.05, 0) is 65.2 Å². The van der Waals surface area contributed by atoms with E-state index in [-0.39, 0.29) is 6.42 Å². The van der Waals surface area contributed by atoms with E-state index in [2.05, 4.69) is 10.6 Å². The summed E-state index contributed by atoms with van der Waals surface area (Å²) in [6, 6.07) is 13.5. The van der Waals surface area contributed by atoms with Crippen LogP contribution < -0.4 is 16.4 Å². The first-order valence-electron chi connectivity index (χ1n) is 14.5. The van der Waals surface area contributed by atoms with Crippen LogP contribution in [-0.4, -0.2) is 64.5 Å². The SMILES string of the molecule is Cc1ccccc1C(C(=O)NC(Cc1ccccc1)C(=O)OC(C)(C)C)N(CC#N)C(=O)C(CC(N)=O)NC(=O)OC(C)(C)C. The fourth-order valence-corrected chi connectivity index (χ4v) is 4.43. The molecule has 12 heteroatoms. The average molecular weight is 622 g/mol. The van der Waals surface area contributed by atoms with Crippen LogP contribution in [0.15, 0.2) is 54.6 Å². The molecule has 2 rings (SSSR count). The zero-order valence-corrected chi connectivity index (χ0v) is 26.9. The molecule has 12 nitrogen and oxygen atoms in total. The van der Waals surface area contributed by atoms with Gasteiger partial charge in [-0.3, -0.25) is 14.4 Å². The molecular formula is C33H43N5O7. The zero-order valence-electron chi connectivity index (χ0n) is 26.9. The number of amides is 4. The zero-order chi connectivity index (χ0) is 33.9. The van der Waals surface area contributed by atoms with Crippen LogP contribution in [0.1, 0.15) is 70.7 Å². The molecule has 3 atom stereocenters. The van der Waals surface area contributed by atoms with E-state index in [1.54, 1.807) is 97.0 Å². The number of carbonyl (C=O) groups excluding carboxylic acids is 5. The number of ether oxygens (including phenoxy) is 2. The minimum Gasteiger partial charge on any atom is -0.458 e. The van der Waals surface area contributed by atoms with Crippen molar-refractivity contribution in [3.8, 4) is 6.07 Å². The molecule has 0 fully saturated rings. The van der Waals surface area contributed by atoms with Crippen molar-refractivity contribution >= 4 is 29.8 Å². The lowest BCUT2D eigenvalue weighted by atomic mass is 9.97. The third kappa shape index (κ3) is 11.9. The Bertz CT molecular complexity index is 1410. The molecule has 3 unspecified atom stereocenters. The Morgan fingerprint density at radius 3 is 1.98 bits per heavy atom. The van der Waals surface area contributed by atoms with E-state index >= 15 is 0 Å². The number of nitriles is 1. The van der Waals surface area contributed by atoms with E-state index in [0.29, 0.717) is 11.1 Å². The number of rotatable bonds is 12. The fourth-order valence-electron chi connectivity index (χ4n) is 4.43. The predicted octanol–water partition coefficient (Wildman–Crippen LogP) is 3.23. The number of primary amides is 1. The van der Waals surface area contributed by atoms with Crippen LogP contribution in [0.25, 0.3) is 0 Å². The van der Waals surface area contributed by atoms with E-state index in [0.717, 1.165) is 10.5 Å². The maximum absolute atomic E-state index is 14.2. The summed E-state index contributed by atoms with van der Waals surface area (Å²) in [7, 11) is 0. The van der Waals surface area contributed by atoms with Crippen LogP contribution in [0.3, 0.4) is 0 Å². The molecule has 0 bridgehead atoms. The van der Waals surface area contributed by atoms with E-state index in [1.165, 1.54) is 0 Å². The molecule has 45 heavy (non-hydrogen) atoms. The number of esters is 1. The molecule has 0 aliphatic heterocycles. The standard InChI is InChI=1S/C33H43N5O7/c1-21-13-11-12-16-23(21)27(28(40)36-25(30(42)44-32(2,3)4)19-22-14-9-8-10-15-22)38(18-17-34)29(41)24(20-26(35)39)37-31(43)45-33(5,6)7/h8-16,24-25,27H,18-20H2,1-7H3,(H2,35,39)(H,36,40)(H,37,43). The number of benzene rings is 2. The summed E-state index contributed by atoms with van der Waals surface area (Å²) in [4.78, 5) is 67.1. The van der Waals surface area contributed by atoms with Crippen molar-refractivity contribution in [3.05, 3.63) is 71.3 Å². The maximum Gasteiger partial charge on any atom is 0.408 e. The summed E-state index contributed by atoms with van der Waals surface area (Å²) in [5.41, 5.74) is 5.34. The Balaban J connectivity index is 2.60. The Morgan fingerprint density at radius 1 is 0.867 bits per heavy atom. The predicted molar refractivity (Wildman–Crippen MR) is 166 cm³/mol. The Kier molecular flexibility index (Phi) is 12.7. The van der Waals surface area contributed by atoms with Gasteiger partial charge < -0.3 is 30.7 Å². The Morgan fingerprint density at radius 2 is 1.44 bits per heavy atom. The molecule has 0 saturated carbocycles. The normalized spacial score (nSPS) is 13.3. The number of hydrogen-bond donors (Lipinski definition) is 3. The second-order valence-corrected chi connectivity index (χ2v) is 12.5. The molecule has 0 radical (unpaired) electrons. The highest BCUT2D eigenvalue weighted by molar-refractivity contribution is 5.96. The van der Waals surface area contributed by atoms with Crippen LogP contribution in [0.4, 0.5) is 4.79 Å². The highest BCUT2D eigenvalue weighted by Gasteiger charge is 2.39. The number of nitrogens with two attached hydrogens (primary N) is 1. The lowest BCUT2D eigenvalue weighted by Gasteiger charge is -2.34. The molecule has 0 heterocycles. The largest absolute Gasteiger partial charge is 0.458 e. The lowest BCUT2D eigenvalue weighted by Crippen LogP contribution is -2.55. The van der Waals surface area contributed by atoms with Gasteiger partial charge in [-0.2, -0.15) is 5.26 Å². The Hall–Kier alpha value is -4.92. The first kappa shape index (κ1) is 36.3. The van der Waals surface area contributed by atoms with E-state index in [1.807, 2.05) is 12.1 Å².